The number of nitrogens with zero attached hydrogens (tertiary/aromatic N) is 2. The van der Waals surface area contributed by atoms with Crippen molar-refractivity contribution >= 4 is 11.8 Å². The lowest BCUT2D eigenvalue weighted by atomic mass is 10.2. The molecule has 0 amide bonds. The van der Waals surface area contributed by atoms with E-state index in [4.69, 9.17) is 5.73 Å². The summed E-state index contributed by atoms with van der Waals surface area (Å²) in [6.45, 7) is 5.12. The summed E-state index contributed by atoms with van der Waals surface area (Å²) in [4.78, 5) is 8.13. The van der Waals surface area contributed by atoms with Crippen molar-refractivity contribution < 1.29 is 0 Å². The minimum absolute atomic E-state index is 0.280. The fourth-order valence-corrected chi connectivity index (χ4v) is 1.29. The van der Waals surface area contributed by atoms with Crippen LogP contribution in [0.5, 0.6) is 0 Å². The van der Waals surface area contributed by atoms with Crippen molar-refractivity contribution in [1.82, 2.24) is 9.97 Å². The lowest BCUT2D eigenvalue weighted by Crippen LogP contribution is -2.07. The molecule has 0 fully saturated rings. The molecule has 0 bridgehead atoms. The monoisotopic (exact) mass is 232 g/mol. The number of nitrogens with one attached hydrogen (secondary N) is 1. The van der Waals surface area contributed by atoms with Gasteiger partial charge in [0, 0.05) is 13.0 Å². The van der Waals surface area contributed by atoms with Gasteiger partial charge in [-0.15, -0.1) is 0 Å². The van der Waals surface area contributed by atoms with E-state index in [0.29, 0.717) is 0 Å². The van der Waals surface area contributed by atoms with Gasteiger partial charge in [-0.2, -0.15) is 4.98 Å². The Morgan fingerprint density at radius 3 is 2.88 bits per heavy atom. The van der Waals surface area contributed by atoms with E-state index >= 15 is 0 Å². The fourth-order valence-electron chi connectivity index (χ4n) is 1.29. The highest BCUT2D eigenvalue weighted by Crippen LogP contribution is 2.11. The summed E-state index contributed by atoms with van der Waals surface area (Å²) in [6, 6.07) is 0. The zero-order valence-electron chi connectivity index (χ0n) is 10.6. The smallest absolute Gasteiger partial charge is 0.222 e. The van der Waals surface area contributed by atoms with Crippen LogP contribution in [0.25, 0.3) is 0 Å². The Hall–Kier alpha value is -1.76. The van der Waals surface area contributed by atoms with Crippen molar-refractivity contribution in [1.29, 1.82) is 0 Å². The van der Waals surface area contributed by atoms with Gasteiger partial charge >= 0.3 is 0 Å². The third-order valence-electron chi connectivity index (χ3n) is 2.23. The van der Waals surface area contributed by atoms with Gasteiger partial charge in [-0.25, -0.2) is 4.98 Å². The van der Waals surface area contributed by atoms with Gasteiger partial charge in [0.1, 0.15) is 5.82 Å². The third kappa shape index (κ3) is 4.73. The topological polar surface area (TPSA) is 63.8 Å². The third-order valence-corrected chi connectivity index (χ3v) is 2.23. The van der Waals surface area contributed by atoms with E-state index in [1.54, 1.807) is 6.20 Å². The van der Waals surface area contributed by atoms with Crippen LogP contribution < -0.4 is 11.1 Å². The number of rotatable bonds is 5. The molecular weight excluding hydrogens is 212 g/mol. The Morgan fingerprint density at radius 1 is 1.35 bits per heavy atom. The van der Waals surface area contributed by atoms with Crippen molar-refractivity contribution in [2.24, 2.45) is 0 Å². The van der Waals surface area contributed by atoms with Crippen LogP contribution in [-0.2, 0) is 0 Å². The Labute approximate surface area is 103 Å². The fraction of sp³-hybridized carbons (Fsp3) is 0.538. The first-order chi connectivity index (χ1) is 8.27. The molecule has 3 N–H and O–H groups in total. The summed E-state index contributed by atoms with van der Waals surface area (Å²) in [6.07, 6.45) is 5.91. The summed E-state index contributed by atoms with van der Waals surface area (Å²) in [5.74, 6) is 7.24. The Balaban J connectivity index is 2.77. The van der Waals surface area contributed by atoms with Crippen LogP contribution in [0.15, 0.2) is 6.20 Å². The van der Waals surface area contributed by atoms with Gasteiger partial charge in [0.2, 0.25) is 5.95 Å². The molecule has 0 aromatic carbocycles. The van der Waals surface area contributed by atoms with Gasteiger partial charge in [-0.1, -0.05) is 32.1 Å². The van der Waals surface area contributed by atoms with Crippen molar-refractivity contribution in [2.75, 3.05) is 17.6 Å². The van der Waals surface area contributed by atoms with E-state index < -0.39 is 0 Å². The first-order valence-corrected chi connectivity index (χ1v) is 6.13. The summed E-state index contributed by atoms with van der Waals surface area (Å²) in [7, 11) is 0. The molecule has 4 heteroatoms. The van der Waals surface area contributed by atoms with Crippen molar-refractivity contribution in [2.45, 2.75) is 39.5 Å². The molecule has 0 saturated carbocycles. The average Bonchev–Trinajstić information content (AvgIpc) is 2.34. The Bertz CT molecular complexity index is 404. The summed E-state index contributed by atoms with van der Waals surface area (Å²) in [5.41, 5.74) is 6.39. The number of nitrogens with two attached hydrogens (primary N) is 1. The van der Waals surface area contributed by atoms with E-state index in [1.165, 1.54) is 0 Å². The zero-order valence-corrected chi connectivity index (χ0v) is 10.6. The summed E-state index contributed by atoms with van der Waals surface area (Å²) in [5, 5.41) is 3.21. The molecule has 4 nitrogen and oxygen atoms in total. The molecule has 0 atom stereocenters. The Morgan fingerprint density at radius 2 is 2.18 bits per heavy atom. The molecule has 0 unspecified atom stereocenters. The summed E-state index contributed by atoms with van der Waals surface area (Å²) >= 11 is 0. The largest absolute Gasteiger partial charge is 0.369 e. The van der Waals surface area contributed by atoms with Crippen LogP contribution in [-0.4, -0.2) is 16.5 Å². The minimum Gasteiger partial charge on any atom is -0.369 e. The number of unbranched alkanes of at least 4 members (excludes halogenated alkanes) is 2. The van der Waals surface area contributed by atoms with Gasteiger partial charge < -0.3 is 11.1 Å². The van der Waals surface area contributed by atoms with Crippen molar-refractivity contribution in [3.63, 3.8) is 0 Å². The molecule has 0 saturated heterocycles. The predicted octanol–water partition coefficient (Wildman–Crippen LogP) is 2.42. The molecule has 17 heavy (non-hydrogen) atoms. The highest BCUT2D eigenvalue weighted by molar-refractivity contribution is 5.54. The summed E-state index contributed by atoms with van der Waals surface area (Å²) < 4.78 is 0. The quantitative estimate of drug-likeness (QED) is 0.604. The maximum absolute atomic E-state index is 5.57. The first kappa shape index (κ1) is 13.3. The van der Waals surface area contributed by atoms with Crippen LogP contribution >= 0.6 is 0 Å². The highest BCUT2D eigenvalue weighted by Gasteiger charge is 2.02. The normalized spacial score (nSPS) is 9.53. The van der Waals surface area contributed by atoms with Gasteiger partial charge in [-0.05, 0) is 12.8 Å². The van der Waals surface area contributed by atoms with Crippen LogP contribution in [0.1, 0.15) is 45.1 Å². The molecule has 0 spiro atoms. The van der Waals surface area contributed by atoms with E-state index in [9.17, 15) is 0 Å². The van der Waals surface area contributed by atoms with Crippen molar-refractivity contribution in [3.05, 3.63) is 11.8 Å². The van der Waals surface area contributed by atoms with E-state index in [2.05, 4.69) is 41.0 Å². The van der Waals surface area contributed by atoms with Crippen LogP contribution in [0.3, 0.4) is 0 Å². The van der Waals surface area contributed by atoms with Crippen LogP contribution in [0.4, 0.5) is 11.8 Å². The van der Waals surface area contributed by atoms with E-state index in [0.717, 1.165) is 43.6 Å². The molecular formula is C13H20N4. The number of hydrogen-bond donors (Lipinski definition) is 2. The lowest BCUT2D eigenvalue weighted by molar-refractivity contribution is 0.828. The number of anilines is 2. The molecule has 1 rings (SSSR count). The number of aromatic nitrogens is 2. The van der Waals surface area contributed by atoms with Gasteiger partial charge in [0.25, 0.3) is 0 Å². The molecule has 92 valence electrons. The molecule has 0 aliphatic heterocycles. The van der Waals surface area contributed by atoms with E-state index in [1.807, 2.05) is 0 Å². The van der Waals surface area contributed by atoms with Crippen molar-refractivity contribution in [3.8, 4) is 11.8 Å². The Kier molecular flexibility index (Phi) is 5.87. The van der Waals surface area contributed by atoms with Crippen LogP contribution in [0.2, 0.25) is 0 Å². The minimum atomic E-state index is 0.280. The zero-order chi connectivity index (χ0) is 12.5. The predicted molar refractivity (Wildman–Crippen MR) is 71.6 cm³/mol. The first-order valence-electron chi connectivity index (χ1n) is 6.13. The second kappa shape index (κ2) is 7.50. The van der Waals surface area contributed by atoms with Gasteiger partial charge in [0.05, 0.1) is 11.8 Å². The molecule has 1 aromatic heterocycles. The van der Waals surface area contributed by atoms with Gasteiger partial charge in [0.15, 0.2) is 0 Å². The van der Waals surface area contributed by atoms with Gasteiger partial charge in [-0.3, -0.25) is 0 Å². The maximum atomic E-state index is 5.57. The lowest BCUT2D eigenvalue weighted by Gasteiger charge is -2.06. The molecule has 0 radical (unpaired) electrons. The van der Waals surface area contributed by atoms with Crippen LogP contribution in [0, 0.1) is 11.8 Å². The average molecular weight is 232 g/mol. The van der Waals surface area contributed by atoms with E-state index in [-0.39, 0.29) is 5.95 Å². The highest BCUT2D eigenvalue weighted by atomic mass is 15.1. The molecule has 1 aromatic rings. The SMILES string of the molecule is CCCCC#Cc1cnc(N)nc1NCCC. The second-order valence-corrected chi connectivity index (χ2v) is 3.82. The maximum Gasteiger partial charge on any atom is 0.222 e. The standard InChI is InChI=1S/C13H20N4/c1-3-5-6-7-8-11-10-16-13(14)17-12(11)15-9-4-2/h10H,3-6,9H2,1-2H3,(H3,14,15,16,17). The molecule has 0 aliphatic carbocycles. The molecule has 1 heterocycles. The second-order valence-electron chi connectivity index (χ2n) is 3.82. The molecule has 0 aliphatic rings. The number of nitrogen functional groups attached to an aromatic ring is 1. The number of hydrogen-bond acceptors (Lipinski definition) is 4.